The van der Waals surface area contributed by atoms with Crippen molar-refractivity contribution in [1.82, 2.24) is 0 Å². The van der Waals surface area contributed by atoms with Gasteiger partial charge in [0.15, 0.2) is 0 Å². The number of hydrogen-bond donors (Lipinski definition) is 4. The molecule has 0 saturated carbocycles. The van der Waals surface area contributed by atoms with Crippen molar-refractivity contribution in [2.24, 2.45) is 0 Å². The van der Waals surface area contributed by atoms with E-state index in [1.54, 1.807) is 0 Å². The van der Waals surface area contributed by atoms with E-state index in [1.165, 1.54) is 0 Å². The molecule has 0 bridgehead atoms. The summed E-state index contributed by atoms with van der Waals surface area (Å²) >= 11 is 0. The molecule has 336 valence electrons. The third-order valence-electron chi connectivity index (χ3n) is 5.17. The number of aliphatic carboxylic acids is 4. The molecule has 0 spiro atoms. The molecule has 0 radical (unpaired) electrons. The number of carbonyl (C=O) groups is 4. The van der Waals surface area contributed by atoms with Crippen LogP contribution in [0.3, 0.4) is 0 Å². The van der Waals surface area contributed by atoms with Gasteiger partial charge in [-0.2, -0.15) is 0 Å². The topological polar surface area (TPSA) is 241 Å². The van der Waals surface area contributed by atoms with Crippen LogP contribution in [0.2, 0.25) is 0 Å². The molecule has 0 aromatic rings. The van der Waals surface area contributed by atoms with Crippen molar-refractivity contribution < 1.29 is 87.0 Å². The molecular weight excluding hydrogens is 744 g/mol. The van der Waals surface area contributed by atoms with Crippen LogP contribution in [-0.4, -0.2) is 172 Å². The van der Waals surface area contributed by atoms with E-state index in [-0.39, 0.29) is 61.7 Å². The zero-order valence-corrected chi connectivity index (χ0v) is 36.2. The van der Waals surface area contributed by atoms with Gasteiger partial charge in [0, 0.05) is 0 Å². The molecule has 0 aromatic carbocycles. The Morgan fingerprint density at radius 1 is 0.304 bits per heavy atom. The van der Waals surface area contributed by atoms with Gasteiger partial charge in [-0.1, -0.05) is 0 Å². The molecule has 4 N–H and O–H groups in total. The van der Waals surface area contributed by atoms with Gasteiger partial charge in [-0.05, 0) is 83.1 Å². The van der Waals surface area contributed by atoms with Crippen LogP contribution < -0.4 is 0 Å². The number of ether oxygens (including phenoxy) is 10. The summed E-state index contributed by atoms with van der Waals surface area (Å²) in [4.78, 5) is 40.3. The summed E-state index contributed by atoms with van der Waals surface area (Å²) in [6.07, 6.45) is 0.0860. The highest BCUT2D eigenvalue weighted by molar-refractivity contribution is 5.68. The minimum Gasteiger partial charge on any atom is -0.481 e. The van der Waals surface area contributed by atoms with E-state index in [4.69, 9.17) is 67.8 Å². The molecule has 18 nitrogen and oxygen atoms in total. The maximum Gasteiger partial charge on any atom is 0.329 e. The van der Waals surface area contributed by atoms with Crippen LogP contribution in [0.15, 0.2) is 0 Å². The van der Waals surface area contributed by atoms with Crippen LogP contribution in [0, 0.1) is 0 Å². The summed E-state index contributed by atoms with van der Waals surface area (Å²) in [5.41, 5.74) is -0.632. The summed E-state index contributed by atoms with van der Waals surface area (Å²) < 4.78 is 51.5. The summed E-state index contributed by atoms with van der Waals surface area (Å²) in [5, 5.41) is 33.1. The van der Waals surface area contributed by atoms with E-state index >= 15 is 0 Å². The summed E-state index contributed by atoms with van der Waals surface area (Å²) in [5.74, 6) is -3.60. The fourth-order valence-electron chi connectivity index (χ4n) is 2.91. The first-order valence-electron chi connectivity index (χ1n) is 18.6. The first-order chi connectivity index (χ1) is 25.7. The molecule has 0 heterocycles. The zero-order valence-electron chi connectivity index (χ0n) is 36.2. The lowest BCUT2D eigenvalue weighted by atomic mass is 10.2. The Morgan fingerprint density at radius 2 is 0.500 bits per heavy atom. The van der Waals surface area contributed by atoms with Gasteiger partial charge >= 0.3 is 23.9 Å². The summed E-state index contributed by atoms with van der Waals surface area (Å²) in [6, 6.07) is 0. The quantitative estimate of drug-likeness (QED) is 0.0798. The van der Waals surface area contributed by atoms with Crippen LogP contribution in [-0.2, 0) is 66.5 Å². The molecule has 0 aliphatic rings. The van der Waals surface area contributed by atoms with Crippen LogP contribution in [0.4, 0.5) is 0 Å². The van der Waals surface area contributed by atoms with Gasteiger partial charge in [-0.25, -0.2) is 9.59 Å². The van der Waals surface area contributed by atoms with Crippen LogP contribution in [0.1, 0.15) is 95.9 Å². The van der Waals surface area contributed by atoms with Gasteiger partial charge in [0.1, 0.15) is 13.2 Å². The van der Waals surface area contributed by atoms with Crippen molar-refractivity contribution >= 4 is 23.9 Å². The predicted molar refractivity (Wildman–Crippen MR) is 208 cm³/mol. The lowest BCUT2D eigenvalue weighted by Gasteiger charge is -2.19. The molecule has 0 saturated heterocycles. The Morgan fingerprint density at radius 3 is 0.714 bits per heavy atom. The number of hydrogen-bond acceptors (Lipinski definition) is 14. The highest BCUT2D eigenvalue weighted by Gasteiger charge is 2.11. The maximum absolute atomic E-state index is 10.1. The Hall–Kier alpha value is -2.52. The summed E-state index contributed by atoms with van der Waals surface area (Å²) in [7, 11) is 0. The van der Waals surface area contributed by atoms with E-state index in [0.29, 0.717) is 79.3 Å². The highest BCUT2D eigenvalue weighted by Crippen LogP contribution is 2.07. The van der Waals surface area contributed by atoms with E-state index in [2.05, 4.69) is 0 Å². The minimum absolute atomic E-state index is 0.0349. The number of carboxylic acid groups (broad SMARTS) is 4. The van der Waals surface area contributed by atoms with Gasteiger partial charge in [0.2, 0.25) is 0 Å². The summed E-state index contributed by atoms with van der Waals surface area (Å²) in [6.45, 7) is 28.9. The predicted octanol–water partition coefficient (Wildman–Crippen LogP) is 4.42. The average molecular weight is 821 g/mol. The van der Waals surface area contributed by atoms with Crippen LogP contribution in [0.5, 0.6) is 0 Å². The first kappa shape index (κ1) is 60.2. The van der Waals surface area contributed by atoms with Gasteiger partial charge in [-0.3, -0.25) is 9.59 Å². The van der Waals surface area contributed by atoms with Crippen molar-refractivity contribution in [2.75, 3.05) is 106 Å². The van der Waals surface area contributed by atoms with E-state index in [0.717, 1.165) is 0 Å². The Kier molecular flexibility index (Phi) is 39.5. The van der Waals surface area contributed by atoms with Crippen molar-refractivity contribution in [1.29, 1.82) is 0 Å². The van der Waals surface area contributed by atoms with Gasteiger partial charge < -0.3 is 67.8 Å². The second-order valence-electron chi connectivity index (χ2n) is 15.5. The van der Waals surface area contributed by atoms with E-state index in [1.807, 2.05) is 83.1 Å². The van der Waals surface area contributed by atoms with Gasteiger partial charge in [-0.15, -0.1) is 0 Å². The third kappa shape index (κ3) is 76.2. The Balaban J connectivity index is -0.000000324. The molecule has 0 aliphatic carbocycles. The Labute approximate surface area is 334 Å². The SMILES string of the molecule is CC(C)(C)OCCOCC(=O)O.CC(C)(C)OCCOCCC(=O)O.CC(C)(C)OCCOCCOCC(=O)O.CC(C)(C)OCCOCCOCCC(=O)O. The lowest BCUT2D eigenvalue weighted by molar-refractivity contribution is -0.144. The third-order valence-corrected chi connectivity index (χ3v) is 5.17. The van der Waals surface area contributed by atoms with Crippen molar-refractivity contribution in [3.8, 4) is 0 Å². The molecule has 0 atom stereocenters. The maximum atomic E-state index is 10.1. The normalized spacial score (nSPS) is 11.6. The molecule has 0 amide bonds. The number of carboxylic acids is 4. The van der Waals surface area contributed by atoms with E-state index in [9.17, 15) is 19.2 Å². The average Bonchev–Trinajstić information content (AvgIpc) is 3.01. The first-order valence-corrected chi connectivity index (χ1v) is 18.6. The molecule has 0 rings (SSSR count). The van der Waals surface area contributed by atoms with E-state index < -0.39 is 23.9 Å². The largest absolute Gasteiger partial charge is 0.481 e. The molecular formula is C38H76O18. The second kappa shape index (κ2) is 36.8. The second-order valence-corrected chi connectivity index (χ2v) is 15.5. The Bertz CT molecular complexity index is 946. The highest BCUT2D eigenvalue weighted by atomic mass is 16.6. The van der Waals surface area contributed by atoms with Crippen LogP contribution in [0.25, 0.3) is 0 Å². The molecule has 0 aliphatic heterocycles. The van der Waals surface area contributed by atoms with Crippen molar-refractivity contribution in [3.05, 3.63) is 0 Å². The minimum atomic E-state index is -0.967. The molecule has 0 unspecified atom stereocenters. The molecule has 0 aromatic heterocycles. The zero-order chi connectivity index (χ0) is 44.1. The van der Waals surface area contributed by atoms with Crippen molar-refractivity contribution in [2.45, 2.75) is 118 Å². The number of rotatable bonds is 28. The molecule has 18 heteroatoms. The fourth-order valence-corrected chi connectivity index (χ4v) is 2.91. The fraction of sp³-hybridized carbons (Fsp3) is 0.895. The lowest BCUT2D eigenvalue weighted by Crippen LogP contribution is -2.22. The standard InChI is InChI=1S/C11H22O5.C10H20O5.C9H18O4.C8H16O4/c1-11(2,3)16-9-8-15-7-6-14-5-4-10(12)13;1-10(2,3)15-7-6-13-4-5-14-8-9(11)12;1-9(2,3)13-7-6-12-5-4-8(10)11;1-8(2,3)12-5-4-11-6-7(9)10/h4-9H2,1-3H3,(H,12,13);4-8H2,1-3H3,(H,11,12);4-7H2,1-3H3,(H,10,11);4-6H2,1-3H3,(H,9,10). The van der Waals surface area contributed by atoms with Gasteiger partial charge in [0.25, 0.3) is 0 Å². The smallest absolute Gasteiger partial charge is 0.329 e. The van der Waals surface area contributed by atoms with Gasteiger partial charge in [0.05, 0.1) is 128 Å². The molecule has 56 heavy (non-hydrogen) atoms. The van der Waals surface area contributed by atoms with Crippen molar-refractivity contribution in [3.63, 3.8) is 0 Å². The monoisotopic (exact) mass is 821 g/mol. The molecule has 0 fully saturated rings. The van der Waals surface area contributed by atoms with Crippen LogP contribution >= 0.6 is 0 Å².